The van der Waals surface area contributed by atoms with Crippen LogP contribution in [0.25, 0.3) is 0 Å². The van der Waals surface area contributed by atoms with Crippen molar-refractivity contribution in [1.82, 2.24) is 4.98 Å². The molecule has 0 bridgehead atoms. The Bertz CT molecular complexity index is 62.9. The summed E-state index contributed by atoms with van der Waals surface area (Å²) in [5.74, 6) is 0. The summed E-state index contributed by atoms with van der Waals surface area (Å²) >= 11 is 0. The number of nitrogens with two attached hydrogens (primary N) is 1. The zero-order valence-electron chi connectivity index (χ0n) is 5.89. The van der Waals surface area contributed by atoms with Crippen LogP contribution in [0.5, 0.6) is 0 Å². The molecule has 0 aliphatic heterocycles. The van der Waals surface area contributed by atoms with Crippen LogP contribution in [0.2, 0.25) is 6.04 Å². The molecule has 3 N–H and O–H groups in total. The van der Waals surface area contributed by atoms with Gasteiger partial charge in [-0.1, -0.05) is 13.3 Å². The third kappa shape index (κ3) is 5.98. The molecular formula is C5H15N2OSi. The first-order valence-corrected chi connectivity index (χ1v) is 5.27. The fourth-order valence-electron chi connectivity index (χ4n) is 0.609. The van der Waals surface area contributed by atoms with Crippen LogP contribution in [0.3, 0.4) is 0 Å². The average Bonchev–Trinajstić information content (AvgIpc) is 1.85. The molecule has 0 aliphatic carbocycles. The minimum Gasteiger partial charge on any atom is -0.329 e. The van der Waals surface area contributed by atoms with Crippen LogP contribution in [-0.4, -0.2) is 22.3 Å². The Hall–Kier alpha value is 0.0969. The summed E-state index contributed by atoms with van der Waals surface area (Å²) in [6, 6.07) is 0.833. The van der Waals surface area contributed by atoms with Gasteiger partial charge in [0.2, 0.25) is 0 Å². The Balaban J connectivity index is 2.95. The summed E-state index contributed by atoms with van der Waals surface area (Å²) in [7, 11) is -1.80. The molecule has 4 heteroatoms. The van der Waals surface area contributed by atoms with E-state index >= 15 is 0 Å². The maximum Gasteiger partial charge on any atom is 0.294 e. The van der Waals surface area contributed by atoms with Crippen molar-refractivity contribution in [3.8, 4) is 0 Å². The van der Waals surface area contributed by atoms with E-state index in [2.05, 4.69) is 4.98 Å². The van der Waals surface area contributed by atoms with Crippen LogP contribution < -0.4 is 10.7 Å². The van der Waals surface area contributed by atoms with Gasteiger partial charge in [0.1, 0.15) is 0 Å². The molecule has 0 amide bonds. The predicted molar refractivity (Wildman–Crippen MR) is 40.0 cm³/mol. The van der Waals surface area contributed by atoms with Gasteiger partial charge in [0.25, 0.3) is 9.20 Å². The SMILES string of the molecule is CCC[SiH]([O])NCCN. The van der Waals surface area contributed by atoms with Gasteiger partial charge in [-0.2, -0.15) is 0 Å². The Morgan fingerprint density at radius 3 is 2.78 bits per heavy atom. The monoisotopic (exact) mass is 147 g/mol. The van der Waals surface area contributed by atoms with E-state index in [4.69, 9.17) is 5.73 Å². The minimum atomic E-state index is -1.80. The molecule has 0 fully saturated rings. The van der Waals surface area contributed by atoms with Crippen molar-refractivity contribution in [3.05, 3.63) is 0 Å². The Morgan fingerprint density at radius 1 is 1.67 bits per heavy atom. The maximum absolute atomic E-state index is 10.9. The highest BCUT2D eigenvalue weighted by Crippen LogP contribution is 1.88. The maximum atomic E-state index is 10.9. The molecular weight excluding hydrogens is 132 g/mol. The second-order valence-corrected chi connectivity index (χ2v) is 3.98. The van der Waals surface area contributed by atoms with Crippen LogP contribution in [0.1, 0.15) is 13.3 Å². The first-order valence-electron chi connectivity index (χ1n) is 3.40. The average molecular weight is 147 g/mol. The molecule has 1 radical (unpaired) electrons. The van der Waals surface area contributed by atoms with E-state index in [9.17, 15) is 4.80 Å². The molecule has 0 aliphatic rings. The lowest BCUT2D eigenvalue weighted by Crippen LogP contribution is -2.35. The van der Waals surface area contributed by atoms with Crippen LogP contribution in [0.15, 0.2) is 0 Å². The fraction of sp³-hybridized carbons (Fsp3) is 1.00. The van der Waals surface area contributed by atoms with E-state index in [-0.39, 0.29) is 0 Å². The largest absolute Gasteiger partial charge is 0.329 e. The molecule has 1 unspecified atom stereocenters. The van der Waals surface area contributed by atoms with Gasteiger partial charge in [-0.05, 0) is 6.04 Å². The van der Waals surface area contributed by atoms with Crippen LogP contribution in [0, 0.1) is 0 Å². The Labute approximate surface area is 58.1 Å². The minimum absolute atomic E-state index is 0.579. The number of nitrogens with one attached hydrogen (secondary N) is 1. The predicted octanol–water partition coefficient (Wildman–Crippen LogP) is -0.404. The van der Waals surface area contributed by atoms with Gasteiger partial charge in [-0.15, -0.1) is 0 Å². The zero-order valence-corrected chi connectivity index (χ0v) is 7.05. The molecule has 0 heterocycles. The topological polar surface area (TPSA) is 58.0 Å². The number of hydrogen-bond acceptors (Lipinski definition) is 2. The van der Waals surface area contributed by atoms with Gasteiger partial charge in [-0.25, -0.2) is 0 Å². The molecule has 0 aromatic rings. The van der Waals surface area contributed by atoms with E-state index in [0.29, 0.717) is 13.1 Å². The van der Waals surface area contributed by atoms with Gasteiger partial charge in [-0.3, -0.25) is 4.80 Å². The second-order valence-electron chi connectivity index (χ2n) is 2.02. The Morgan fingerprint density at radius 2 is 2.33 bits per heavy atom. The van der Waals surface area contributed by atoms with Gasteiger partial charge in [0.15, 0.2) is 0 Å². The number of hydrogen-bond donors (Lipinski definition) is 2. The van der Waals surface area contributed by atoms with E-state index in [0.717, 1.165) is 12.5 Å². The van der Waals surface area contributed by atoms with Crippen molar-refractivity contribution in [1.29, 1.82) is 0 Å². The first-order chi connectivity index (χ1) is 4.31. The summed E-state index contributed by atoms with van der Waals surface area (Å²) in [5.41, 5.74) is 5.19. The standard InChI is InChI=1S/C5H15N2OSi/c1-2-5-9(8)7-4-3-6/h7,9H,2-6H2,1H3. The highest BCUT2D eigenvalue weighted by Gasteiger charge is 2.04. The summed E-state index contributed by atoms with van der Waals surface area (Å²) in [6.45, 7) is 3.30. The van der Waals surface area contributed by atoms with Crippen molar-refractivity contribution in [2.75, 3.05) is 13.1 Å². The molecule has 0 rings (SSSR count). The van der Waals surface area contributed by atoms with Crippen molar-refractivity contribution in [2.45, 2.75) is 19.4 Å². The molecule has 0 saturated carbocycles. The highest BCUT2D eigenvalue weighted by molar-refractivity contribution is 6.46. The van der Waals surface area contributed by atoms with Crippen molar-refractivity contribution < 1.29 is 4.80 Å². The van der Waals surface area contributed by atoms with E-state index in [1.54, 1.807) is 0 Å². The lowest BCUT2D eigenvalue weighted by Gasteiger charge is -2.04. The number of rotatable bonds is 5. The van der Waals surface area contributed by atoms with Crippen LogP contribution in [-0.2, 0) is 4.80 Å². The summed E-state index contributed by atoms with van der Waals surface area (Å²) in [5, 5.41) is 0. The zero-order chi connectivity index (χ0) is 7.11. The molecule has 0 saturated heterocycles. The normalized spacial score (nSPS) is 13.7. The lowest BCUT2D eigenvalue weighted by molar-refractivity contribution is 0.428. The van der Waals surface area contributed by atoms with E-state index in [1.165, 1.54) is 0 Å². The fourth-order valence-corrected chi connectivity index (χ4v) is 1.83. The van der Waals surface area contributed by atoms with Gasteiger partial charge in [0.05, 0.1) is 0 Å². The highest BCUT2D eigenvalue weighted by atomic mass is 28.3. The molecule has 9 heavy (non-hydrogen) atoms. The van der Waals surface area contributed by atoms with E-state index in [1.807, 2.05) is 6.92 Å². The summed E-state index contributed by atoms with van der Waals surface area (Å²) < 4.78 is 0. The third-order valence-corrected chi connectivity index (χ3v) is 2.91. The van der Waals surface area contributed by atoms with E-state index < -0.39 is 9.20 Å². The van der Waals surface area contributed by atoms with Crippen molar-refractivity contribution in [3.63, 3.8) is 0 Å². The molecule has 3 nitrogen and oxygen atoms in total. The summed E-state index contributed by atoms with van der Waals surface area (Å²) in [4.78, 5) is 13.7. The summed E-state index contributed by atoms with van der Waals surface area (Å²) in [6.07, 6.45) is 0.998. The Kier molecular flexibility index (Phi) is 6.29. The molecule has 1 atom stereocenters. The van der Waals surface area contributed by atoms with Gasteiger partial charge in [0, 0.05) is 13.1 Å². The molecule has 55 valence electrons. The van der Waals surface area contributed by atoms with Crippen molar-refractivity contribution in [2.24, 2.45) is 5.73 Å². The van der Waals surface area contributed by atoms with Gasteiger partial charge >= 0.3 is 0 Å². The second kappa shape index (κ2) is 6.22. The lowest BCUT2D eigenvalue weighted by atomic mass is 10.6. The molecule has 0 aromatic heterocycles. The molecule has 0 aromatic carbocycles. The third-order valence-electron chi connectivity index (χ3n) is 1.07. The van der Waals surface area contributed by atoms with Crippen molar-refractivity contribution >= 4 is 9.20 Å². The first kappa shape index (κ1) is 9.10. The van der Waals surface area contributed by atoms with Crippen LogP contribution in [0.4, 0.5) is 0 Å². The quantitative estimate of drug-likeness (QED) is 0.520. The smallest absolute Gasteiger partial charge is 0.294 e. The molecule has 0 spiro atoms. The van der Waals surface area contributed by atoms with Crippen LogP contribution >= 0.6 is 0 Å². The van der Waals surface area contributed by atoms with Gasteiger partial charge < -0.3 is 10.7 Å².